The van der Waals surface area contributed by atoms with E-state index in [-0.39, 0.29) is 23.3 Å². The quantitative estimate of drug-likeness (QED) is 0.458. The first-order valence-electron chi connectivity index (χ1n) is 14.0. The number of aromatic nitrogens is 3. The van der Waals surface area contributed by atoms with Gasteiger partial charge in [-0.05, 0) is 56.4 Å². The van der Waals surface area contributed by atoms with Crippen molar-refractivity contribution < 1.29 is 22.8 Å². The summed E-state index contributed by atoms with van der Waals surface area (Å²) in [5.41, 5.74) is 0.270. The average molecular weight is 551 g/mol. The topological polar surface area (TPSA) is 113 Å². The summed E-state index contributed by atoms with van der Waals surface area (Å²) < 4.78 is 32.9. The van der Waals surface area contributed by atoms with E-state index in [0.717, 1.165) is 44.0 Å². The Balaban J connectivity index is 1.19. The minimum absolute atomic E-state index is 0.102. The van der Waals surface area contributed by atoms with Gasteiger partial charge in [-0.3, -0.25) is 19.5 Å². The lowest BCUT2D eigenvalue weighted by Crippen LogP contribution is -2.58. The molecule has 40 heavy (non-hydrogen) atoms. The van der Waals surface area contributed by atoms with Gasteiger partial charge in [-0.1, -0.05) is 25.3 Å². The van der Waals surface area contributed by atoms with Gasteiger partial charge < -0.3 is 15.1 Å². The minimum atomic E-state index is -0.871. The second kappa shape index (κ2) is 11.0. The van der Waals surface area contributed by atoms with E-state index >= 15 is 0 Å². The monoisotopic (exact) mass is 550 g/mol. The number of likely N-dealkylation sites (tertiary alicyclic amines) is 1. The highest BCUT2D eigenvalue weighted by Crippen LogP contribution is 2.45. The van der Waals surface area contributed by atoms with Gasteiger partial charge in [-0.15, -0.1) is 10.2 Å². The molecular weight excluding hydrogens is 518 g/mol. The zero-order valence-corrected chi connectivity index (χ0v) is 22.1. The zero-order valence-electron chi connectivity index (χ0n) is 22.1. The van der Waals surface area contributed by atoms with Crippen molar-refractivity contribution in [1.82, 2.24) is 30.7 Å². The van der Waals surface area contributed by atoms with Crippen LogP contribution in [0.15, 0.2) is 47.0 Å². The Labute approximate surface area is 230 Å². The standard InChI is InChI=1S/C29H32F2N6O3/c30-18-9-10-20(22(31)16-18)27-35-36-28(40-27)26(39)33-23-11-15-37(19-6-2-1-3-7-19)17-21(23)25(38)34-29(12-13-29)24-8-4-5-14-32-24/h4-5,8-10,14,16,19,21,23H,1-3,6-7,11-13,15,17H2,(H,33,39)(H,34,38)/t21-,23-/m1/s1. The number of halogens is 2. The number of benzene rings is 1. The van der Waals surface area contributed by atoms with Crippen LogP contribution in [0.2, 0.25) is 0 Å². The third-order valence-electron chi connectivity index (χ3n) is 8.44. The molecule has 3 aliphatic rings. The van der Waals surface area contributed by atoms with Crippen LogP contribution in [0, 0.1) is 17.6 Å². The summed E-state index contributed by atoms with van der Waals surface area (Å²) >= 11 is 0. The molecule has 1 saturated heterocycles. The number of amides is 2. The molecule has 3 aromatic rings. The van der Waals surface area contributed by atoms with Crippen molar-refractivity contribution >= 4 is 11.8 Å². The molecule has 2 atom stereocenters. The van der Waals surface area contributed by atoms with E-state index in [4.69, 9.17) is 4.42 Å². The third kappa shape index (κ3) is 5.47. The van der Waals surface area contributed by atoms with Crippen molar-refractivity contribution in [2.45, 2.75) is 69.0 Å². The van der Waals surface area contributed by atoms with Crippen LogP contribution in [0.25, 0.3) is 11.5 Å². The highest BCUT2D eigenvalue weighted by molar-refractivity contribution is 5.91. The van der Waals surface area contributed by atoms with Gasteiger partial charge >= 0.3 is 11.8 Å². The molecule has 9 nitrogen and oxygen atoms in total. The van der Waals surface area contributed by atoms with E-state index < -0.39 is 35.0 Å². The molecule has 0 unspecified atom stereocenters. The Morgan fingerprint density at radius 2 is 1.85 bits per heavy atom. The fourth-order valence-corrected chi connectivity index (χ4v) is 6.05. The Morgan fingerprint density at radius 1 is 1.02 bits per heavy atom. The number of hydrogen-bond acceptors (Lipinski definition) is 7. The number of rotatable bonds is 7. The molecule has 3 fully saturated rings. The maximum atomic E-state index is 14.2. The largest absolute Gasteiger partial charge is 0.412 e. The molecule has 2 saturated carbocycles. The normalized spacial score (nSPS) is 22.9. The molecule has 1 aliphatic heterocycles. The lowest BCUT2D eigenvalue weighted by molar-refractivity contribution is -0.129. The van der Waals surface area contributed by atoms with Gasteiger partial charge in [0.05, 0.1) is 22.7 Å². The zero-order chi connectivity index (χ0) is 27.7. The summed E-state index contributed by atoms with van der Waals surface area (Å²) in [5, 5.41) is 13.7. The molecule has 2 aliphatic carbocycles. The number of carbonyl (C=O) groups is 2. The predicted octanol–water partition coefficient (Wildman–Crippen LogP) is 3.97. The van der Waals surface area contributed by atoms with Gasteiger partial charge in [0.1, 0.15) is 11.6 Å². The number of piperidine rings is 1. The molecular formula is C29H32F2N6O3. The summed E-state index contributed by atoms with van der Waals surface area (Å²) in [4.78, 5) is 33.8. The van der Waals surface area contributed by atoms with Crippen LogP contribution in [-0.4, -0.2) is 57.1 Å². The molecule has 3 heterocycles. The Hall–Kier alpha value is -3.73. The molecule has 6 rings (SSSR count). The lowest BCUT2D eigenvalue weighted by Gasteiger charge is -2.43. The summed E-state index contributed by atoms with van der Waals surface area (Å²) in [6.07, 6.45) is 9.81. The van der Waals surface area contributed by atoms with Gasteiger partial charge in [0.15, 0.2) is 0 Å². The summed E-state index contributed by atoms with van der Waals surface area (Å²) in [7, 11) is 0. The number of nitrogens with one attached hydrogen (secondary N) is 2. The van der Waals surface area contributed by atoms with Gasteiger partial charge in [-0.25, -0.2) is 8.78 Å². The first kappa shape index (κ1) is 26.5. The van der Waals surface area contributed by atoms with E-state index in [2.05, 4.69) is 30.7 Å². The van der Waals surface area contributed by atoms with Crippen LogP contribution >= 0.6 is 0 Å². The number of carbonyl (C=O) groups excluding carboxylic acids is 2. The van der Waals surface area contributed by atoms with E-state index in [1.807, 2.05) is 18.2 Å². The number of hydrogen-bond donors (Lipinski definition) is 2. The van der Waals surface area contributed by atoms with E-state index in [0.29, 0.717) is 25.1 Å². The van der Waals surface area contributed by atoms with Crippen LogP contribution in [0.3, 0.4) is 0 Å². The Bertz CT molecular complexity index is 1370. The van der Waals surface area contributed by atoms with Crippen LogP contribution in [0.4, 0.5) is 8.78 Å². The predicted molar refractivity (Wildman–Crippen MR) is 141 cm³/mol. The van der Waals surface area contributed by atoms with Crippen molar-refractivity contribution in [2.24, 2.45) is 5.92 Å². The van der Waals surface area contributed by atoms with E-state index in [9.17, 15) is 18.4 Å². The molecule has 1 aromatic carbocycles. The highest BCUT2D eigenvalue weighted by atomic mass is 19.1. The first-order valence-corrected chi connectivity index (χ1v) is 14.0. The van der Waals surface area contributed by atoms with Crippen molar-refractivity contribution in [3.05, 3.63) is 65.8 Å². The van der Waals surface area contributed by atoms with Gasteiger partial charge in [0.2, 0.25) is 5.91 Å². The summed E-state index contributed by atoms with van der Waals surface area (Å²) in [6.45, 7) is 1.30. The van der Waals surface area contributed by atoms with E-state index in [1.54, 1.807) is 6.20 Å². The number of nitrogens with zero attached hydrogens (tertiary/aromatic N) is 4. The summed E-state index contributed by atoms with van der Waals surface area (Å²) in [5.74, 6) is -3.43. The Morgan fingerprint density at radius 3 is 2.58 bits per heavy atom. The molecule has 0 spiro atoms. The highest BCUT2D eigenvalue weighted by Gasteiger charge is 2.49. The molecule has 2 amide bonds. The minimum Gasteiger partial charge on any atom is -0.412 e. The third-order valence-corrected chi connectivity index (χ3v) is 8.44. The van der Waals surface area contributed by atoms with Crippen LogP contribution in [-0.2, 0) is 10.3 Å². The lowest BCUT2D eigenvalue weighted by atomic mass is 9.86. The molecule has 0 bridgehead atoms. The van der Waals surface area contributed by atoms with Gasteiger partial charge in [0, 0.05) is 37.4 Å². The van der Waals surface area contributed by atoms with Crippen molar-refractivity contribution in [1.29, 1.82) is 0 Å². The Kier molecular flexibility index (Phi) is 7.31. The van der Waals surface area contributed by atoms with Crippen LogP contribution in [0.5, 0.6) is 0 Å². The molecule has 11 heteroatoms. The van der Waals surface area contributed by atoms with Crippen molar-refractivity contribution in [3.63, 3.8) is 0 Å². The SMILES string of the molecule is O=C(N[C@@H]1CCN(C2CCCCC2)C[C@H]1C(=O)NC1(c2ccccn2)CC1)c1nnc(-c2ccc(F)cc2F)o1. The molecule has 210 valence electrons. The fraction of sp³-hybridized carbons (Fsp3) is 0.483. The maximum absolute atomic E-state index is 14.2. The molecule has 2 aromatic heterocycles. The second-order valence-corrected chi connectivity index (χ2v) is 11.1. The fourth-order valence-electron chi connectivity index (χ4n) is 6.05. The summed E-state index contributed by atoms with van der Waals surface area (Å²) in [6, 6.07) is 8.64. The van der Waals surface area contributed by atoms with Crippen LogP contribution < -0.4 is 10.6 Å². The second-order valence-electron chi connectivity index (χ2n) is 11.1. The van der Waals surface area contributed by atoms with Crippen molar-refractivity contribution in [3.8, 4) is 11.5 Å². The molecule has 2 N–H and O–H groups in total. The van der Waals surface area contributed by atoms with Gasteiger partial charge in [-0.2, -0.15) is 0 Å². The maximum Gasteiger partial charge on any atom is 0.309 e. The molecule has 0 radical (unpaired) electrons. The smallest absolute Gasteiger partial charge is 0.309 e. The van der Waals surface area contributed by atoms with E-state index in [1.165, 1.54) is 25.3 Å². The number of pyridine rings is 1. The van der Waals surface area contributed by atoms with Gasteiger partial charge in [0.25, 0.3) is 5.89 Å². The average Bonchev–Trinajstić information content (AvgIpc) is 3.59. The first-order chi connectivity index (χ1) is 19.4. The van der Waals surface area contributed by atoms with Crippen molar-refractivity contribution in [2.75, 3.05) is 13.1 Å². The van der Waals surface area contributed by atoms with Crippen LogP contribution in [0.1, 0.15) is 67.7 Å².